The predicted molar refractivity (Wildman–Crippen MR) is 125 cm³/mol. The number of halogens is 1. The van der Waals surface area contributed by atoms with Gasteiger partial charge in [0.15, 0.2) is 17.2 Å². The normalized spacial score (nSPS) is 14.5. The van der Waals surface area contributed by atoms with E-state index in [0.29, 0.717) is 35.3 Å². The highest BCUT2D eigenvalue weighted by atomic mass is 35.5. The van der Waals surface area contributed by atoms with Gasteiger partial charge in [0, 0.05) is 35.3 Å². The van der Waals surface area contributed by atoms with Crippen molar-refractivity contribution in [3.8, 4) is 0 Å². The molecule has 0 unspecified atom stereocenters. The van der Waals surface area contributed by atoms with Gasteiger partial charge >= 0.3 is 0 Å². The van der Waals surface area contributed by atoms with Crippen LogP contribution in [-0.4, -0.2) is 34.8 Å². The number of likely N-dealkylation sites (tertiary alicyclic amines) is 1. The number of furan rings is 1. The number of nitrogens with zero attached hydrogens (tertiary/aromatic N) is 2. The highest BCUT2D eigenvalue weighted by Gasteiger charge is 2.28. The first kappa shape index (κ1) is 21.3. The molecule has 1 fully saturated rings. The molecule has 2 aromatic carbocycles. The molecule has 1 N–H and O–H groups in total. The van der Waals surface area contributed by atoms with Crippen molar-refractivity contribution in [3.63, 3.8) is 0 Å². The average Bonchev–Trinajstić information content (AvgIpc) is 3.50. The lowest BCUT2D eigenvalue weighted by molar-refractivity contribution is 0.0706. The van der Waals surface area contributed by atoms with E-state index in [1.807, 2.05) is 24.0 Å². The Kier molecular flexibility index (Phi) is 5.64. The number of nitrogens with one attached hydrogen (secondary N) is 1. The summed E-state index contributed by atoms with van der Waals surface area (Å²) in [6, 6.07) is 14.0. The molecule has 1 aliphatic rings. The maximum atomic E-state index is 13.1. The lowest BCUT2D eigenvalue weighted by Crippen LogP contribution is -2.38. The minimum atomic E-state index is -0.354. The molecule has 168 valence electrons. The molecular weight excluding hydrogens is 442 g/mol. The Morgan fingerprint density at radius 3 is 2.70 bits per heavy atom. The molecule has 3 heterocycles. The Bertz CT molecular complexity index is 1320. The summed E-state index contributed by atoms with van der Waals surface area (Å²) in [6.07, 6.45) is 2.97. The SMILES string of the molecule is Cc1ccc(C(=O)N2CCC(c3nc4cc(Cl)ccc4o3)CC2)cc1NC(=O)c1ccco1. The summed E-state index contributed by atoms with van der Waals surface area (Å²) < 4.78 is 11.1. The Morgan fingerprint density at radius 1 is 1.12 bits per heavy atom. The van der Waals surface area contributed by atoms with Gasteiger partial charge < -0.3 is 19.1 Å². The molecule has 1 aliphatic heterocycles. The van der Waals surface area contributed by atoms with Crippen molar-refractivity contribution in [3.05, 3.63) is 82.6 Å². The number of carbonyl (C=O) groups is 2. The molecule has 0 radical (unpaired) electrons. The fraction of sp³-hybridized carbons (Fsp3) is 0.240. The van der Waals surface area contributed by atoms with E-state index in [0.717, 1.165) is 29.5 Å². The lowest BCUT2D eigenvalue weighted by atomic mass is 9.96. The van der Waals surface area contributed by atoms with Gasteiger partial charge in [-0.15, -0.1) is 0 Å². The van der Waals surface area contributed by atoms with Crippen molar-refractivity contribution in [2.24, 2.45) is 0 Å². The van der Waals surface area contributed by atoms with Crippen LogP contribution in [0.5, 0.6) is 0 Å². The van der Waals surface area contributed by atoms with E-state index < -0.39 is 0 Å². The summed E-state index contributed by atoms with van der Waals surface area (Å²) in [5, 5.41) is 3.45. The van der Waals surface area contributed by atoms with Gasteiger partial charge in [-0.05, 0) is 67.8 Å². The van der Waals surface area contributed by atoms with Gasteiger partial charge in [-0.1, -0.05) is 17.7 Å². The first-order chi connectivity index (χ1) is 16.0. The molecule has 2 amide bonds. The number of rotatable bonds is 4. The molecule has 0 aliphatic carbocycles. The van der Waals surface area contributed by atoms with Crippen molar-refractivity contribution >= 4 is 40.2 Å². The largest absolute Gasteiger partial charge is 0.459 e. The van der Waals surface area contributed by atoms with Gasteiger partial charge in [0.25, 0.3) is 11.8 Å². The molecule has 5 rings (SSSR count). The number of hydrogen-bond donors (Lipinski definition) is 1. The van der Waals surface area contributed by atoms with Crippen molar-refractivity contribution in [1.82, 2.24) is 9.88 Å². The van der Waals surface area contributed by atoms with Crippen LogP contribution in [0.1, 0.15) is 51.1 Å². The number of aromatic nitrogens is 1. The second kappa shape index (κ2) is 8.75. The quantitative estimate of drug-likeness (QED) is 0.422. The standard InChI is InChI=1S/C25H22ClN3O4/c1-15-4-5-17(13-19(15)27-23(30)22-3-2-12-32-22)25(31)29-10-8-16(9-11-29)24-28-20-14-18(26)6-7-21(20)33-24/h2-7,12-14,16H,8-11H2,1H3,(H,27,30). The number of aryl methyl sites for hydroxylation is 1. The van der Waals surface area contributed by atoms with Gasteiger partial charge in [-0.25, -0.2) is 4.98 Å². The van der Waals surface area contributed by atoms with Crippen LogP contribution in [0.2, 0.25) is 5.02 Å². The molecule has 2 aromatic heterocycles. The van der Waals surface area contributed by atoms with Gasteiger partial charge in [0.2, 0.25) is 0 Å². The Labute approximate surface area is 195 Å². The zero-order valence-electron chi connectivity index (χ0n) is 18.0. The van der Waals surface area contributed by atoms with Gasteiger partial charge in [-0.2, -0.15) is 0 Å². The minimum Gasteiger partial charge on any atom is -0.459 e. The average molecular weight is 464 g/mol. The monoisotopic (exact) mass is 463 g/mol. The minimum absolute atomic E-state index is 0.0636. The zero-order chi connectivity index (χ0) is 22.9. The van der Waals surface area contributed by atoms with Crippen LogP contribution in [0.3, 0.4) is 0 Å². The van der Waals surface area contributed by atoms with E-state index in [4.69, 9.17) is 20.4 Å². The van der Waals surface area contributed by atoms with Crippen LogP contribution in [0.4, 0.5) is 5.69 Å². The lowest BCUT2D eigenvalue weighted by Gasteiger charge is -2.30. The molecule has 33 heavy (non-hydrogen) atoms. The zero-order valence-corrected chi connectivity index (χ0v) is 18.8. The molecule has 0 saturated carbocycles. The van der Waals surface area contributed by atoms with Crippen LogP contribution in [0.25, 0.3) is 11.1 Å². The Morgan fingerprint density at radius 2 is 1.94 bits per heavy atom. The summed E-state index contributed by atoms with van der Waals surface area (Å²) in [6.45, 7) is 3.08. The maximum absolute atomic E-state index is 13.1. The van der Waals surface area contributed by atoms with Crippen molar-refractivity contribution in [2.45, 2.75) is 25.7 Å². The number of carbonyl (C=O) groups excluding carboxylic acids is 2. The van der Waals surface area contributed by atoms with E-state index in [1.54, 1.807) is 36.4 Å². The number of hydrogen-bond acceptors (Lipinski definition) is 5. The molecular formula is C25H22ClN3O4. The third-order valence-corrected chi connectivity index (χ3v) is 6.21. The van der Waals surface area contributed by atoms with Crippen LogP contribution < -0.4 is 5.32 Å². The van der Waals surface area contributed by atoms with Crippen LogP contribution in [0.15, 0.2) is 63.6 Å². The number of amides is 2. The Balaban J connectivity index is 1.26. The molecule has 1 saturated heterocycles. The molecule has 0 atom stereocenters. The predicted octanol–water partition coefficient (Wildman–Crippen LogP) is 5.65. The van der Waals surface area contributed by atoms with Gasteiger partial charge in [0.1, 0.15) is 5.52 Å². The number of piperidine rings is 1. The highest BCUT2D eigenvalue weighted by molar-refractivity contribution is 6.31. The van der Waals surface area contributed by atoms with Crippen molar-refractivity contribution < 1.29 is 18.4 Å². The fourth-order valence-corrected chi connectivity index (χ4v) is 4.25. The third kappa shape index (κ3) is 4.36. The summed E-state index contributed by atoms with van der Waals surface area (Å²) in [5.41, 5.74) is 3.45. The molecule has 0 spiro atoms. The smallest absolute Gasteiger partial charge is 0.291 e. The van der Waals surface area contributed by atoms with Crippen molar-refractivity contribution in [2.75, 3.05) is 18.4 Å². The highest BCUT2D eigenvalue weighted by Crippen LogP contribution is 2.31. The summed E-state index contributed by atoms with van der Waals surface area (Å²) >= 11 is 6.05. The topological polar surface area (TPSA) is 88.6 Å². The second-order valence-corrected chi connectivity index (χ2v) is 8.63. The van der Waals surface area contributed by atoms with Crippen LogP contribution in [-0.2, 0) is 0 Å². The van der Waals surface area contributed by atoms with E-state index in [-0.39, 0.29) is 23.5 Å². The van der Waals surface area contributed by atoms with Crippen LogP contribution >= 0.6 is 11.6 Å². The third-order valence-electron chi connectivity index (χ3n) is 5.98. The number of fused-ring (bicyclic) bond motifs is 1. The fourth-order valence-electron chi connectivity index (χ4n) is 4.09. The first-order valence-electron chi connectivity index (χ1n) is 10.8. The summed E-state index contributed by atoms with van der Waals surface area (Å²) in [7, 11) is 0. The van der Waals surface area contributed by atoms with Gasteiger partial charge in [-0.3, -0.25) is 9.59 Å². The number of anilines is 1. The van der Waals surface area contributed by atoms with E-state index in [2.05, 4.69) is 10.3 Å². The summed E-state index contributed by atoms with van der Waals surface area (Å²) in [4.78, 5) is 31.9. The summed E-state index contributed by atoms with van der Waals surface area (Å²) in [5.74, 6) is 0.646. The van der Waals surface area contributed by atoms with Crippen molar-refractivity contribution in [1.29, 1.82) is 0 Å². The van der Waals surface area contributed by atoms with E-state index in [1.165, 1.54) is 6.26 Å². The first-order valence-corrected chi connectivity index (χ1v) is 11.2. The van der Waals surface area contributed by atoms with E-state index >= 15 is 0 Å². The Hall–Kier alpha value is -3.58. The van der Waals surface area contributed by atoms with E-state index in [9.17, 15) is 9.59 Å². The van der Waals surface area contributed by atoms with Crippen LogP contribution in [0, 0.1) is 6.92 Å². The van der Waals surface area contributed by atoms with Gasteiger partial charge in [0.05, 0.1) is 6.26 Å². The second-order valence-electron chi connectivity index (χ2n) is 8.19. The maximum Gasteiger partial charge on any atom is 0.291 e. The number of benzene rings is 2. The number of oxazole rings is 1. The molecule has 7 nitrogen and oxygen atoms in total. The molecule has 8 heteroatoms. The molecule has 4 aromatic rings. The molecule has 0 bridgehead atoms.